The number of hydrogen-bond donors (Lipinski definition) is 1. The predicted octanol–water partition coefficient (Wildman–Crippen LogP) is 4.11. The molecule has 0 heterocycles. The second kappa shape index (κ2) is 8.98. The van der Waals surface area contributed by atoms with Gasteiger partial charge >= 0.3 is 5.97 Å². The molecule has 0 amide bonds. The molecule has 0 saturated carbocycles. The lowest BCUT2D eigenvalue weighted by Crippen LogP contribution is -2.13. The lowest BCUT2D eigenvalue weighted by atomic mass is 9.97. The average Bonchev–Trinajstić information content (AvgIpc) is 2.35. The van der Waals surface area contributed by atoms with E-state index >= 15 is 0 Å². The zero-order chi connectivity index (χ0) is 14.4. The Morgan fingerprint density at radius 2 is 1.65 bits per heavy atom. The molecule has 114 valence electrons. The van der Waals surface area contributed by atoms with E-state index in [1.165, 1.54) is 0 Å². The van der Waals surface area contributed by atoms with Crippen LogP contribution in [0, 0.1) is 5.92 Å². The minimum atomic E-state index is -0.280. The van der Waals surface area contributed by atoms with Gasteiger partial charge in [0.25, 0.3) is 0 Å². The Balaban J connectivity index is 0.00000361. The lowest BCUT2D eigenvalue weighted by molar-refractivity contribution is 0.0378. The Morgan fingerprint density at radius 1 is 1.10 bits per heavy atom. The van der Waals surface area contributed by atoms with Gasteiger partial charge in [-0.3, -0.25) is 0 Å². The molecule has 0 radical (unpaired) electrons. The summed E-state index contributed by atoms with van der Waals surface area (Å²) in [5.74, 6) is 0.378. The van der Waals surface area contributed by atoms with Crippen LogP contribution in [0.15, 0.2) is 24.3 Å². The molecule has 2 N–H and O–H groups in total. The molecule has 1 aromatic carbocycles. The van der Waals surface area contributed by atoms with Crippen LogP contribution in [0.1, 0.15) is 62.5 Å². The summed E-state index contributed by atoms with van der Waals surface area (Å²) in [5.41, 5.74) is 7.78. The second-order valence-corrected chi connectivity index (χ2v) is 5.65. The Hall–Kier alpha value is -1.06. The van der Waals surface area contributed by atoms with Crippen LogP contribution < -0.4 is 5.73 Å². The highest BCUT2D eigenvalue weighted by molar-refractivity contribution is 5.89. The molecule has 0 aliphatic rings. The van der Waals surface area contributed by atoms with Crippen molar-refractivity contribution < 1.29 is 9.53 Å². The molecule has 0 aliphatic heterocycles. The Morgan fingerprint density at radius 3 is 2.10 bits per heavy atom. The number of ether oxygens (including phenoxy) is 1. The van der Waals surface area contributed by atoms with Crippen molar-refractivity contribution in [1.29, 1.82) is 0 Å². The molecule has 1 atom stereocenters. The SMILES string of the molecule is CC(C)CC[C@@H](N)c1ccc(C(=O)OC(C)C)cc1.Cl. The van der Waals surface area contributed by atoms with E-state index in [9.17, 15) is 4.79 Å². The number of hydrogen-bond acceptors (Lipinski definition) is 3. The van der Waals surface area contributed by atoms with Crippen LogP contribution in [0.25, 0.3) is 0 Å². The minimum absolute atomic E-state index is 0. The summed E-state index contributed by atoms with van der Waals surface area (Å²) < 4.78 is 5.15. The third-order valence-electron chi connectivity index (χ3n) is 2.97. The van der Waals surface area contributed by atoms with Gasteiger partial charge in [0.1, 0.15) is 0 Å². The molecule has 4 heteroatoms. The van der Waals surface area contributed by atoms with Crippen LogP contribution in [-0.4, -0.2) is 12.1 Å². The summed E-state index contributed by atoms with van der Waals surface area (Å²) >= 11 is 0. The van der Waals surface area contributed by atoms with Crippen LogP contribution in [0.5, 0.6) is 0 Å². The summed E-state index contributed by atoms with van der Waals surface area (Å²) in [6.07, 6.45) is 1.98. The highest BCUT2D eigenvalue weighted by Crippen LogP contribution is 2.19. The van der Waals surface area contributed by atoms with Crippen LogP contribution in [0.4, 0.5) is 0 Å². The maximum Gasteiger partial charge on any atom is 0.338 e. The highest BCUT2D eigenvalue weighted by atomic mass is 35.5. The molecule has 0 bridgehead atoms. The van der Waals surface area contributed by atoms with Crippen molar-refractivity contribution in [2.75, 3.05) is 0 Å². The lowest BCUT2D eigenvalue weighted by Gasteiger charge is -2.14. The molecule has 0 spiro atoms. The van der Waals surface area contributed by atoms with E-state index in [0.717, 1.165) is 18.4 Å². The first-order chi connectivity index (χ1) is 8.90. The van der Waals surface area contributed by atoms with Crippen molar-refractivity contribution >= 4 is 18.4 Å². The van der Waals surface area contributed by atoms with Crippen molar-refractivity contribution in [2.45, 2.75) is 52.7 Å². The van der Waals surface area contributed by atoms with Gasteiger partial charge < -0.3 is 10.5 Å². The number of halogens is 1. The van der Waals surface area contributed by atoms with Gasteiger partial charge in [-0.15, -0.1) is 12.4 Å². The largest absolute Gasteiger partial charge is 0.459 e. The third kappa shape index (κ3) is 6.40. The number of benzene rings is 1. The molecule has 0 aromatic heterocycles. The molecular formula is C16H26ClNO2. The van der Waals surface area contributed by atoms with Crippen molar-refractivity contribution in [3.8, 4) is 0 Å². The predicted molar refractivity (Wildman–Crippen MR) is 85.2 cm³/mol. The topological polar surface area (TPSA) is 52.3 Å². The molecule has 0 unspecified atom stereocenters. The second-order valence-electron chi connectivity index (χ2n) is 5.65. The van der Waals surface area contributed by atoms with Gasteiger partial charge in [0.2, 0.25) is 0 Å². The fourth-order valence-electron chi connectivity index (χ4n) is 1.83. The van der Waals surface area contributed by atoms with Gasteiger partial charge in [-0.05, 0) is 50.3 Å². The Bertz CT molecular complexity index is 401. The molecular weight excluding hydrogens is 274 g/mol. The maximum atomic E-state index is 11.7. The Kier molecular flexibility index (Phi) is 8.51. The van der Waals surface area contributed by atoms with Crippen LogP contribution >= 0.6 is 12.4 Å². The van der Waals surface area contributed by atoms with Crippen molar-refractivity contribution in [2.24, 2.45) is 11.7 Å². The average molecular weight is 300 g/mol. The van der Waals surface area contributed by atoms with Gasteiger partial charge in [-0.25, -0.2) is 4.79 Å². The van der Waals surface area contributed by atoms with Crippen molar-refractivity contribution in [3.63, 3.8) is 0 Å². The van der Waals surface area contributed by atoms with Crippen molar-refractivity contribution in [1.82, 2.24) is 0 Å². The maximum absolute atomic E-state index is 11.7. The first-order valence-corrected chi connectivity index (χ1v) is 6.96. The summed E-state index contributed by atoms with van der Waals surface area (Å²) in [5, 5.41) is 0. The number of carbonyl (C=O) groups is 1. The van der Waals surface area contributed by atoms with E-state index < -0.39 is 0 Å². The molecule has 1 aromatic rings. The van der Waals surface area contributed by atoms with Gasteiger partial charge in [-0.2, -0.15) is 0 Å². The van der Waals surface area contributed by atoms with E-state index in [0.29, 0.717) is 11.5 Å². The monoisotopic (exact) mass is 299 g/mol. The summed E-state index contributed by atoms with van der Waals surface area (Å²) in [6.45, 7) is 8.07. The van der Waals surface area contributed by atoms with Gasteiger partial charge in [0, 0.05) is 6.04 Å². The minimum Gasteiger partial charge on any atom is -0.459 e. The standard InChI is InChI=1S/C16H25NO2.ClH/c1-11(2)5-10-15(17)13-6-8-14(9-7-13)16(18)19-12(3)4;/h6-9,11-12,15H,5,10,17H2,1-4H3;1H/t15-;/m1./s1. The van der Waals surface area contributed by atoms with Crippen molar-refractivity contribution in [3.05, 3.63) is 35.4 Å². The van der Waals surface area contributed by atoms with Crippen LogP contribution in [0.3, 0.4) is 0 Å². The number of esters is 1. The van der Waals surface area contributed by atoms with E-state index in [2.05, 4.69) is 13.8 Å². The summed E-state index contributed by atoms with van der Waals surface area (Å²) in [7, 11) is 0. The van der Waals surface area contributed by atoms with E-state index in [4.69, 9.17) is 10.5 Å². The zero-order valence-electron chi connectivity index (χ0n) is 12.8. The molecule has 1 rings (SSSR count). The zero-order valence-corrected chi connectivity index (χ0v) is 13.6. The van der Waals surface area contributed by atoms with Gasteiger partial charge in [0.05, 0.1) is 11.7 Å². The smallest absolute Gasteiger partial charge is 0.338 e. The fourth-order valence-corrected chi connectivity index (χ4v) is 1.83. The normalized spacial score (nSPS) is 12.2. The van der Waals surface area contributed by atoms with E-state index in [-0.39, 0.29) is 30.5 Å². The number of rotatable bonds is 6. The van der Waals surface area contributed by atoms with Crippen LogP contribution in [0.2, 0.25) is 0 Å². The summed E-state index contributed by atoms with van der Waals surface area (Å²) in [6, 6.07) is 7.45. The molecule has 0 aliphatic carbocycles. The van der Waals surface area contributed by atoms with E-state index in [1.807, 2.05) is 26.0 Å². The van der Waals surface area contributed by atoms with Gasteiger partial charge in [-0.1, -0.05) is 26.0 Å². The van der Waals surface area contributed by atoms with Gasteiger partial charge in [0.15, 0.2) is 0 Å². The third-order valence-corrected chi connectivity index (χ3v) is 2.97. The Labute approximate surface area is 128 Å². The molecule has 20 heavy (non-hydrogen) atoms. The molecule has 3 nitrogen and oxygen atoms in total. The first kappa shape index (κ1) is 18.9. The highest BCUT2D eigenvalue weighted by Gasteiger charge is 2.11. The molecule has 0 saturated heterocycles. The fraction of sp³-hybridized carbons (Fsp3) is 0.562. The quantitative estimate of drug-likeness (QED) is 0.804. The number of carbonyl (C=O) groups excluding carboxylic acids is 1. The summed E-state index contributed by atoms with van der Waals surface area (Å²) in [4.78, 5) is 11.7. The van der Waals surface area contributed by atoms with Crippen LogP contribution in [-0.2, 0) is 4.74 Å². The number of nitrogens with two attached hydrogens (primary N) is 1. The van der Waals surface area contributed by atoms with E-state index in [1.54, 1.807) is 12.1 Å². The first-order valence-electron chi connectivity index (χ1n) is 6.96. The molecule has 0 fully saturated rings.